The summed E-state index contributed by atoms with van der Waals surface area (Å²) < 4.78 is 5.57. The van der Waals surface area contributed by atoms with Crippen LogP contribution in [0, 0.1) is 11.8 Å². The highest BCUT2D eigenvalue weighted by molar-refractivity contribution is 5.84. The summed E-state index contributed by atoms with van der Waals surface area (Å²) in [5, 5.41) is 12.3. The second-order valence-electron chi connectivity index (χ2n) is 9.92. The zero-order chi connectivity index (χ0) is 24.9. The van der Waals surface area contributed by atoms with Crippen molar-refractivity contribution in [3.05, 3.63) is 59.7 Å². The minimum Gasteiger partial charge on any atom is -0.480 e. The Bertz CT molecular complexity index is 1040. The molecule has 35 heavy (non-hydrogen) atoms. The van der Waals surface area contributed by atoms with Gasteiger partial charge in [-0.15, -0.1) is 0 Å². The number of hydrogen-bond donors (Lipinski definition) is 2. The summed E-state index contributed by atoms with van der Waals surface area (Å²) in [5.41, 5.74) is 4.70. The third-order valence-electron chi connectivity index (χ3n) is 7.26. The van der Waals surface area contributed by atoms with E-state index in [4.69, 9.17) is 4.74 Å². The average Bonchev–Trinajstić information content (AvgIpc) is 3.18. The first kappa shape index (κ1) is 24.8. The molecule has 2 aromatic rings. The number of amides is 2. The van der Waals surface area contributed by atoms with Crippen LogP contribution < -0.4 is 5.32 Å². The number of nitrogens with zero attached hydrogens (tertiary/aromatic N) is 1. The number of likely N-dealkylation sites (tertiary alicyclic amines) is 1. The molecule has 0 aromatic heterocycles. The van der Waals surface area contributed by atoms with Crippen LogP contribution in [0.1, 0.15) is 56.6 Å². The molecule has 0 radical (unpaired) electrons. The Labute approximate surface area is 206 Å². The van der Waals surface area contributed by atoms with Gasteiger partial charge < -0.3 is 20.1 Å². The summed E-state index contributed by atoms with van der Waals surface area (Å²) in [4.78, 5) is 38.1. The van der Waals surface area contributed by atoms with Crippen LogP contribution in [0.4, 0.5) is 4.79 Å². The van der Waals surface area contributed by atoms with E-state index in [0.717, 1.165) is 6.42 Å². The third-order valence-corrected chi connectivity index (χ3v) is 7.26. The number of ether oxygens (including phenoxy) is 1. The topological polar surface area (TPSA) is 95.9 Å². The van der Waals surface area contributed by atoms with Crippen LogP contribution in [0.2, 0.25) is 0 Å². The Hall–Kier alpha value is -3.35. The van der Waals surface area contributed by atoms with E-state index in [2.05, 4.69) is 29.6 Å². The van der Waals surface area contributed by atoms with Gasteiger partial charge in [0.15, 0.2) is 0 Å². The standard InChI is InChI=1S/C28H34N2O5/c1-18-13-14-30(25(15-18)27(32)33)26(31)12-11-19(2)16-29-28(34)35-17-24-22-9-5-3-7-20(22)21-8-4-6-10-23(21)24/h3-10,18-19,24-25H,11-17H2,1-2H3,(H,29,34)(H,32,33). The molecule has 0 spiro atoms. The lowest BCUT2D eigenvalue weighted by Gasteiger charge is -2.36. The molecule has 3 atom stereocenters. The predicted octanol–water partition coefficient (Wildman–Crippen LogP) is 4.65. The van der Waals surface area contributed by atoms with Crippen molar-refractivity contribution < 1.29 is 24.2 Å². The maximum atomic E-state index is 12.7. The van der Waals surface area contributed by atoms with E-state index in [1.807, 2.05) is 38.1 Å². The van der Waals surface area contributed by atoms with Crippen LogP contribution in [-0.4, -0.2) is 53.7 Å². The molecule has 1 saturated heterocycles. The zero-order valence-corrected chi connectivity index (χ0v) is 20.4. The van der Waals surface area contributed by atoms with E-state index in [-0.39, 0.29) is 30.8 Å². The maximum absolute atomic E-state index is 12.7. The Balaban J connectivity index is 1.22. The van der Waals surface area contributed by atoms with Crippen molar-refractivity contribution >= 4 is 18.0 Å². The number of carboxylic acid groups (broad SMARTS) is 1. The number of benzene rings is 2. The number of carboxylic acids is 1. The van der Waals surface area contributed by atoms with E-state index >= 15 is 0 Å². The number of alkyl carbamates (subject to hydrolysis) is 1. The fourth-order valence-electron chi connectivity index (χ4n) is 5.20. The molecule has 2 N–H and O–H groups in total. The highest BCUT2D eigenvalue weighted by atomic mass is 16.5. The van der Waals surface area contributed by atoms with Gasteiger partial charge in [0.05, 0.1) is 0 Å². The summed E-state index contributed by atoms with van der Waals surface area (Å²) >= 11 is 0. The number of aliphatic carboxylic acids is 1. The molecule has 0 bridgehead atoms. The van der Waals surface area contributed by atoms with Crippen molar-refractivity contribution in [2.24, 2.45) is 11.8 Å². The predicted molar refractivity (Wildman–Crippen MR) is 133 cm³/mol. The maximum Gasteiger partial charge on any atom is 0.407 e. The number of carbonyl (C=O) groups excluding carboxylic acids is 2. The molecule has 7 heteroatoms. The van der Waals surface area contributed by atoms with Gasteiger partial charge >= 0.3 is 12.1 Å². The number of fused-ring (bicyclic) bond motifs is 3. The van der Waals surface area contributed by atoms with E-state index in [1.54, 1.807) is 0 Å². The highest BCUT2D eigenvalue weighted by Gasteiger charge is 2.34. The Morgan fingerprint density at radius 2 is 1.71 bits per heavy atom. The number of hydrogen-bond acceptors (Lipinski definition) is 4. The lowest BCUT2D eigenvalue weighted by Crippen LogP contribution is -2.49. The Morgan fingerprint density at radius 3 is 2.34 bits per heavy atom. The molecule has 1 aliphatic heterocycles. The first-order chi connectivity index (χ1) is 16.8. The van der Waals surface area contributed by atoms with E-state index < -0.39 is 18.1 Å². The van der Waals surface area contributed by atoms with Crippen molar-refractivity contribution in [3.63, 3.8) is 0 Å². The SMILES string of the molecule is CC(CCC(=O)N1CCC(C)CC1C(=O)O)CNC(=O)OCC1c2ccccc2-c2ccccc21. The molecule has 7 nitrogen and oxygen atoms in total. The molecule has 2 aliphatic rings. The van der Waals surface area contributed by atoms with Crippen LogP contribution >= 0.6 is 0 Å². The molecular formula is C28H34N2O5. The Morgan fingerprint density at radius 1 is 1.09 bits per heavy atom. The number of carbonyl (C=O) groups is 3. The van der Waals surface area contributed by atoms with Crippen LogP contribution in [0.5, 0.6) is 0 Å². The lowest BCUT2D eigenvalue weighted by atomic mass is 9.92. The summed E-state index contributed by atoms with van der Waals surface area (Å²) in [5.74, 6) is -0.684. The monoisotopic (exact) mass is 478 g/mol. The van der Waals surface area contributed by atoms with Crippen molar-refractivity contribution in [2.75, 3.05) is 19.7 Å². The van der Waals surface area contributed by atoms with Gasteiger partial charge in [0, 0.05) is 25.4 Å². The summed E-state index contributed by atoms with van der Waals surface area (Å²) in [6, 6.07) is 15.7. The van der Waals surface area contributed by atoms with E-state index in [9.17, 15) is 19.5 Å². The molecule has 4 rings (SSSR count). The van der Waals surface area contributed by atoms with Crippen LogP contribution in [0.3, 0.4) is 0 Å². The van der Waals surface area contributed by atoms with Gasteiger partial charge in [-0.3, -0.25) is 4.79 Å². The van der Waals surface area contributed by atoms with E-state index in [0.29, 0.717) is 31.8 Å². The van der Waals surface area contributed by atoms with Crippen LogP contribution in [0.25, 0.3) is 11.1 Å². The quantitative estimate of drug-likeness (QED) is 0.576. The first-order valence-corrected chi connectivity index (χ1v) is 12.5. The van der Waals surface area contributed by atoms with Gasteiger partial charge in [0.1, 0.15) is 12.6 Å². The smallest absolute Gasteiger partial charge is 0.407 e. The van der Waals surface area contributed by atoms with Crippen LogP contribution in [-0.2, 0) is 14.3 Å². The lowest BCUT2D eigenvalue weighted by molar-refractivity contribution is -0.153. The fraction of sp³-hybridized carbons (Fsp3) is 0.464. The van der Waals surface area contributed by atoms with Gasteiger partial charge in [-0.2, -0.15) is 0 Å². The molecule has 186 valence electrons. The van der Waals surface area contributed by atoms with Crippen molar-refractivity contribution in [3.8, 4) is 11.1 Å². The molecular weight excluding hydrogens is 444 g/mol. The van der Waals surface area contributed by atoms with Crippen molar-refractivity contribution in [1.82, 2.24) is 10.2 Å². The van der Waals surface area contributed by atoms with Gasteiger partial charge in [-0.1, -0.05) is 62.4 Å². The largest absolute Gasteiger partial charge is 0.480 e. The van der Waals surface area contributed by atoms with Crippen molar-refractivity contribution in [2.45, 2.75) is 51.5 Å². The fourth-order valence-corrected chi connectivity index (χ4v) is 5.20. The summed E-state index contributed by atoms with van der Waals surface area (Å²) in [6.45, 7) is 5.13. The first-order valence-electron chi connectivity index (χ1n) is 12.5. The number of piperidine rings is 1. The zero-order valence-electron chi connectivity index (χ0n) is 20.4. The molecule has 2 aromatic carbocycles. The van der Waals surface area contributed by atoms with Gasteiger partial charge in [-0.05, 0) is 53.4 Å². The minimum atomic E-state index is -0.935. The molecule has 2 amide bonds. The van der Waals surface area contributed by atoms with Crippen LogP contribution in [0.15, 0.2) is 48.5 Å². The number of rotatable bonds is 8. The Kier molecular flexibility index (Phi) is 7.73. The molecule has 0 saturated carbocycles. The third kappa shape index (κ3) is 5.66. The molecule has 1 aliphatic carbocycles. The number of nitrogens with one attached hydrogen (secondary N) is 1. The van der Waals surface area contributed by atoms with Gasteiger partial charge in [0.25, 0.3) is 0 Å². The molecule has 1 heterocycles. The molecule has 1 fully saturated rings. The minimum absolute atomic E-state index is 0.0117. The molecule has 3 unspecified atom stereocenters. The van der Waals surface area contributed by atoms with Gasteiger partial charge in [0.2, 0.25) is 5.91 Å². The summed E-state index contributed by atoms with van der Waals surface area (Å²) in [6.07, 6.45) is 1.70. The highest BCUT2D eigenvalue weighted by Crippen LogP contribution is 2.44. The second kappa shape index (κ2) is 10.9. The summed E-state index contributed by atoms with van der Waals surface area (Å²) in [7, 11) is 0. The van der Waals surface area contributed by atoms with Crippen molar-refractivity contribution in [1.29, 1.82) is 0 Å². The van der Waals surface area contributed by atoms with Gasteiger partial charge in [-0.25, -0.2) is 9.59 Å². The second-order valence-corrected chi connectivity index (χ2v) is 9.92. The average molecular weight is 479 g/mol. The normalized spacial score (nSPS) is 20.0. The van der Waals surface area contributed by atoms with E-state index in [1.165, 1.54) is 27.2 Å².